The summed E-state index contributed by atoms with van der Waals surface area (Å²) in [5, 5.41) is 1.22. The summed E-state index contributed by atoms with van der Waals surface area (Å²) in [6, 6.07) is 12.7. The topological polar surface area (TPSA) is 34.0 Å². The number of fused-ring (bicyclic) bond motifs is 1. The molecule has 0 amide bonds. The predicted molar refractivity (Wildman–Crippen MR) is 96.7 cm³/mol. The van der Waals surface area contributed by atoms with E-state index in [2.05, 4.69) is 64.0 Å². The van der Waals surface area contributed by atoms with E-state index in [1.807, 2.05) is 6.20 Å². The van der Waals surface area contributed by atoms with Crippen molar-refractivity contribution in [2.45, 2.75) is 32.9 Å². The lowest BCUT2D eigenvalue weighted by Crippen LogP contribution is -2.36. The summed E-state index contributed by atoms with van der Waals surface area (Å²) in [4.78, 5) is 11.7. The molecule has 1 aliphatic rings. The lowest BCUT2D eigenvalue weighted by molar-refractivity contribution is 0.154. The second kappa shape index (κ2) is 6.73. The Hall–Kier alpha value is -2.20. The zero-order chi connectivity index (χ0) is 16.4. The predicted octanol–water partition coefficient (Wildman–Crippen LogP) is 3.65. The van der Waals surface area contributed by atoms with Gasteiger partial charge in [-0.2, -0.15) is 0 Å². The van der Waals surface area contributed by atoms with Crippen molar-refractivity contribution in [1.82, 2.24) is 19.4 Å². The molecule has 0 saturated carbocycles. The van der Waals surface area contributed by atoms with Crippen LogP contribution in [-0.4, -0.2) is 32.5 Å². The van der Waals surface area contributed by atoms with Crippen LogP contribution in [-0.2, 0) is 13.1 Å². The van der Waals surface area contributed by atoms with E-state index in [0.717, 1.165) is 31.0 Å². The molecule has 0 radical (unpaired) electrons. The van der Waals surface area contributed by atoms with Crippen LogP contribution in [0.25, 0.3) is 10.9 Å². The highest BCUT2D eigenvalue weighted by Gasteiger charge is 2.21. The third-order valence-electron chi connectivity index (χ3n) is 5.02. The average Bonchev–Trinajstić information content (AvgIpc) is 3.00. The molecule has 0 N–H and O–H groups in total. The zero-order valence-electron chi connectivity index (χ0n) is 14.2. The first-order valence-electron chi connectivity index (χ1n) is 8.83. The monoisotopic (exact) mass is 320 g/mol. The van der Waals surface area contributed by atoms with Crippen LogP contribution in [0.5, 0.6) is 0 Å². The minimum atomic E-state index is 0.701. The van der Waals surface area contributed by atoms with E-state index < -0.39 is 0 Å². The van der Waals surface area contributed by atoms with E-state index in [1.54, 1.807) is 0 Å². The highest BCUT2D eigenvalue weighted by atomic mass is 15.1. The maximum absolute atomic E-state index is 4.83. The van der Waals surface area contributed by atoms with Gasteiger partial charge in [-0.05, 0) is 44.4 Å². The van der Waals surface area contributed by atoms with Crippen molar-refractivity contribution in [3.8, 4) is 0 Å². The summed E-state index contributed by atoms with van der Waals surface area (Å²) >= 11 is 0. The molecule has 3 heterocycles. The standard InChI is InChI=1S/C20H24N4/c1-16-21-10-12-24(16)14-17-5-4-11-23(13-17)15-19-9-8-18-6-2-3-7-20(18)22-19/h2-3,6-10,12,17H,4-5,11,13-15H2,1H3. The Labute approximate surface area is 143 Å². The van der Waals surface area contributed by atoms with Crippen LogP contribution in [0, 0.1) is 12.8 Å². The Kier molecular flexibility index (Phi) is 4.30. The van der Waals surface area contributed by atoms with Crippen LogP contribution in [0.4, 0.5) is 0 Å². The van der Waals surface area contributed by atoms with E-state index in [0.29, 0.717) is 5.92 Å². The molecule has 4 heteroatoms. The number of pyridine rings is 1. The Morgan fingerprint density at radius 2 is 2.08 bits per heavy atom. The van der Waals surface area contributed by atoms with Gasteiger partial charge in [0.1, 0.15) is 5.82 Å². The second-order valence-corrected chi connectivity index (χ2v) is 6.87. The van der Waals surface area contributed by atoms with Crippen molar-refractivity contribution in [3.63, 3.8) is 0 Å². The third-order valence-corrected chi connectivity index (χ3v) is 5.02. The van der Waals surface area contributed by atoms with E-state index in [4.69, 9.17) is 4.98 Å². The van der Waals surface area contributed by atoms with Gasteiger partial charge in [-0.1, -0.05) is 24.3 Å². The minimum Gasteiger partial charge on any atom is -0.335 e. The lowest BCUT2D eigenvalue weighted by atomic mass is 9.97. The summed E-state index contributed by atoms with van der Waals surface area (Å²) in [5.41, 5.74) is 2.27. The number of rotatable bonds is 4. The Morgan fingerprint density at radius 3 is 2.96 bits per heavy atom. The van der Waals surface area contributed by atoms with Crippen LogP contribution in [0.1, 0.15) is 24.4 Å². The fraction of sp³-hybridized carbons (Fsp3) is 0.400. The zero-order valence-corrected chi connectivity index (χ0v) is 14.2. The Morgan fingerprint density at radius 1 is 1.17 bits per heavy atom. The van der Waals surface area contributed by atoms with Crippen molar-refractivity contribution in [1.29, 1.82) is 0 Å². The van der Waals surface area contributed by atoms with Crippen LogP contribution >= 0.6 is 0 Å². The molecule has 1 aliphatic heterocycles. The molecule has 0 spiro atoms. The summed E-state index contributed by atoms with van der Waals surface area (Å²) < 4.78 is 2.28. The molecule has 0 bridgehead atoms. The number of benzene rings is 1. The van der Waals surface area contributed by atoms with Gasteiger partial charge in [0.15, 0.2) is 0 Å². The number of para-hydroxylation sites is 1. The highest BCUT2D eigenvalue weighted by molar-refractivity contribution is 5.78. The van der Waals surface area contributed by atoms with Crippen LogP contribution < -0.4 is 0 Å². The molecule has 24 heavy (non-hydrogen) atoms. The fourth-order valence-electron chi connectivity index (χ4n) is 3.74. The van der Waals surface area contributed by atoms with E-state index in [-0.39, 0.29) is 0 Å². The quantitative estimate of drug-likeness (QED) is 0.736. The molecule has 1 atom stereocenters. The van der Waals surface area contributed by atoms with E-state index in [9.17, 15) is 0 Å². The van der Waals surface area contributed by atoms with Gasteiger partial charge in [0.25, 0.3) is 0 Å². The smallest absolute Gasteiger partial charge is 0.105 e. The van der Waals surface area contributed by atoms with Gasteiger partial charge in [0.2, 0.25) is 0 Å². The summed E-state index contributed by atoms with van der Waals surface area (Å²) in [6.45, 7) is 6.43. The number of aromatic nitrogens is 3. The van der Waals surface area contributed by atoms with Crippen molar-refractivity contribution in [2.75, 3.05) is 13.1 Å². The fourth-order valence-corrected chi connectivity index (χ4v) is 3.74. The summed E-state index contributed by atoms with van der Waals surface area (Å²) in [5.74, 6) is 1.82. The van der Waals surface area contributed by atoms with Crippen molar-refractivity contribution >= 4 is 10.9 Å². The number of hydrogen-bond donors (Lipinski definition) is 0. The molecule has 4 nitrogen and oxygen atoms in total. The largest absolute Gasteiger partial charge is 0.335 e. The number of hydrogen-bond acceptors (Lipinski definition) is 3. The van der Waals surface area contributed by atoms with Crippen LogP contribution in [0.2, 0.25) is 0 Å². The van der Waals surface area contributed by atoms with Crippen LogP contribution in [0.15, 0.2) is 48.8 Å². The maximum Gasteiger partial charge on any atom is 0.105 e. The van der Waals surface area contributed by atoms with Gasteiger partial charge in [0, 0.05) is 37.4 Å². The lowest BCUT2D eigenvalue weighted by Gasteiger charge is -2.32. The van der Waals surface area contributed by atoms with Gasteiger partial charge in [-0.3, -0.25) is 9.88 Å². The molecule has 124 valence electrons. The molecule has 1 fully saturated rings. The first-order chi connectivity index (χ1) is 11.8. The van der Waals surface area contributed by atoms with Gasteiger partial charge in [0.05, 0.1) is 11.2 Å². The number of imidazole rings is 1. The summed E-state index contributed by atoms with van der Waals surface area (Å²) in [6.07, 6.45) is 6.57. The molecular weight excluding hydrogens is 296 g/mol. The number of aryl methyl sites for hydroxylation is 1. The molecule has 3 aromatic rings. The third kappa shape index (κ3) is 3.34. The number of likely N-dealkylation sites (tertiary alicyclic amines) is 1. The highest BCUT2D eigenvalue weighted by Crippen LogP contribution is 2.21. The van der Waals surface area contributed by atoms with E-state index >= 15 is 0 Å². The van der Waals surface area contributed by atoms with Gasteiger partial charge in [-0.25, -0.2) is 4.98 Å². The normalized spacial score (nSPS) is 19.0. The van der Waals surface area contributed by atoms with Crippen molar-refractivity contribution < 1.29 is 0 Å². The molecule has 0 aliphatic carbocycles. The molecule has 1 aromatic carbocycles. The molecule has 4 rings (SSSR count). The van der Waals surface area contributed by atoms with Crippen molar-refractivity contribution in [2.24, 2.45) is 5.92 Å². The van der Waals surface area contributed by atoms with Gasteiger partial charge >= 0.3 is 0 Å². The molecule has 1 unspecified atom stereocenters. The Bertz CT molecular complexity index is 823. The van der Waals surface area contributed by atoms with Gasteiger partial charge < -0.3 is 4.57 Å². The number of nitrogens with zero attached hydrogens (tertiary/aromatic N) is 4. The molecular formula is C20H24N4. The average molecular weight is 320 g/mol. The Balaban J connectivity index is 1.42. The van der Waals surface area contributed by atoms with Crippen LogP contribution in [0.3, 0.4) is 0 Å². The first-order valence-corrected chi connectivity index (χ1v) is 8.83. The minimum absolute atomic E-state index is 0.701. The summed E-state index contributed by atoms with van der Waals surface area (Å²) in [7, 11) is 0. The van der Waals surface area contributed by atoms with E-state index in [1.165, 1.54) is 30.5 Å². The molecule has 1 saturated heterocycles. The maximum atomic E-state index is 4.83. The SMILES string of the molecule is Cc1nccn1CC1CCCN(Cc2ccc3ccccc3n2)C1. The van der Waals surface area contributed by atoms with Crippen molar-refractivity contribution in [3.05, 3.63) is 60.3 Å². The van der Waals surface area contributed by atoms with Gasteiger partial charge in [-0.15, -0.1) is 0 Å². The second-order valence-electron chi connectivity index (χ2n) is 6.87. The molecule has 2 aromatic heterocycles. The first kappa shape index (κ1) is 15.3. The number of piperidine rings is 1.